The Morgan fingerprint density at radius 2 is 2.07 bits per heavy atom. The lowest BCUT2D eigenvalue weighted by Gasteiger charge is -2.10. The summed E-state index contributed by atoms with van der Waals surface area (Å²) in [5.41, 5.74) is 7.40. The second kappa shape index (κ2) is 7.13. The summed E-state index contributed by atoms with van der Waals surface area (Å²) in [7, 11) is 0. The Bertz CT molecular complexity index is 1040. The number of anilines is 1. The number of fused-ring (bicyclic) bond motifs is 2. The lowest BCUT2D eigenvalue weighted by atomic mass is 10.1. The van der Waals surface area contributed by atoms with Gasteiger partial charge in [0.25, 0.3) is 0 Å². The van der Waals surface area contributed by atoms with E-state index in [9.17, 15) is 9.18 Å². The van der Waals surface area contributed by atoms with Crippen molar-refractivity contribution in [1.82, 2.24) is 24.8 Å². The topological polar surface area (TPSA) is 117 Å². The highest BCUT2D eigenvalue weighted by molar-refractivity contribution is 14.1. The van der Waals surface area contributed by atoms with Gasteiger partial charge in [-0.15, -0.1) is 0 Å². The molecule has 2 aromatic heterocycles. The Balaban J connectivity index is 1.77. The van der Waals surface area contributed by atoms with Crippen LogP contribution < -0.4 is 20.5 Å². The lowest BCUT2D eigenvalue weighted by molar-refractivity contribution is -0.109. The molecule has 3 aromatic rings. The molecule has 0 saturated carbocycles. The molecule has 3 N–H and O–H groups in total. The summed E-state index contributed by atoms with van der Waals surface area (Å²) < 4.78 is 27.2. The standard InChI is InChI=1S/C16H14FIN6O3/c17-16-22-14(19)13-15(23-16)24(2-1-20-6-25)12(21-13)4-8-3-10-11(5-9(8)18)27-7-26-10/h3,5-6H,1-2,4,7H2,(H,20,25)(H2,19,22,23). The monoisotopic (exact) mass is 484 g/mol. The lowest BCUT2D eigenvalue weighted by Crippen LogP contribution is -2.19. The van der Waals surface area contributed by atoms with Gasteiger partial charge in [-0.25, -0.2) is 4.98 Å². The predicted molar refractivity (Wildman–Crippen MR) is 102 cm³/mol. The number of nitrogen functional groups attached to an aromatic ring is 1. The number of carbonyl (C=O) groups is 1. The van der Waals surface area contributed by atoms with Gasteiger partial charge in [0.1, 0.15) is 5.82 Å². The molecule has 140 valence electrons. The molecule has 0 fully saturated rings. The van der Waals surface area contributed by atoms with Gasteiger partial charge in [-0.3, -0.25) is 4.79 Å². The predicted octanol–water partition coefficient (Wildman–Crippen LogP) is 1.22. The summed E-state index contributed by atoms with van der Waals surface area (Å²) in [6, 6.07) is 3.79. The molecule has 1 aliphatic heterocycles. The quantitative estimate of drug-likeness (QED) is 0.234. The molecule has 11 heteroatoms. The summed E-state index contributed by atoms with van der Waals surface area (Å²) in [6.07, 6.45) is 0.116. The maximum atomic E-state index is 13.7. The van der Waals surface area contributed by atoms with E-state index in [1.165, 1.54) is 0 Å². The van der Waals surface area contributed by atoms with Crippen molar-refractivity contribution in [2.24, 2.45) is 0 Å². The molecule has 0 spiro atoms. The Morgan fingerprint density at radius 3 is 2.85 bits per heavy atom. The number of aromatic nitrogens is 4. The minimum atomic E-state index is -0.922. The van der Waals surface area contributed by atoms with Crippen LogP contribution in [0, 0.1) is 9.65 Å². The molecule has 1 aliphatic rings. The van der Waals surface area contributed by atoms with Crippen molar-refractivity contribution in [1.29, 1.82) is 0 Å². The van der Waals surface area contributed by atoms with E-state index in [2.05, 4.69) is 42.9 Å². The van der Waals surface area contributed by atoms with Crippen molar-refractivity contribution < 1.29 is 18.7 Å². The molecule has 1 aromatic carbocycles. The van der Waals surface area contributed by atoms with E-state index < -0.39 is 6.08 Å². The van der Waals surface area contributed by atoms with E-state index in [4.69, 9.17) is 15.2 Å². The third kappa shape index (κ3) is 3.34. The number of halogens is 2. The van der Waals surface area contributed by atoms with Crippen LogP contribution in [-0.2, 0) is 17.8 Å². The largest absolute Gasteiger partial charge is 0.454 e. The zero-order chi connectivity index (χ0) is 19.0. The number of carbonyl (C=O) groups excluding carboxylic acids is 1. The minimum Gasteiger partial charge on any atom is -0.454 e. The maximum Gasteiger partial charge on any atom is 0.312 e. The van der Waals surface area contributed by atoms with Gasteiger partial charge in [-0.2, -0.15) is 14.4 Å². The van der Waals surface area contributed by atoms with Gasteiger partial charge in [0.2, 0.25) is 13.2 Å². The first-order valence-electron chi connectivity index (χ1n) is 8.00. The Morgan fingerprint density at radius 1 is 1.30 bits per heavy atom. The maximum absolute atomic E-state index is 13.7. The van der Waals surface area contributed by atoms with Gasteiger partial charge in [-0.05, 0) is 40.3 Å². The average Bonchev–Trinajstić information content (AvgIpc) is 3.20. The molecule has 0 saturated heterocycles. The highest BCUT2D eigenvalue weighted by Crippen LogP contribution is 2.36. The van der Waals surface area contributed by atoms with Crippen LogP contribution in [0.15, 0.2) is 12.1 Å². The summed E-state index contributed by atoms with van der Waals surface area (Å²) in [5, 5.41) is 2.58. The van der Waals surface area contributed by atoms with Crippen molar-refractivity contribution in [2.75, 3.05) is 19.1 Å². The van der Waals surface area contributed by atoms with Crippen LogP contribution in [0.3, 0.4) is 0 Å². The number of nitrogens with one attached hydrogen (secondary N) is 1. The Kier molecular flexibility index (Phi) is 4.68. The van der Waals surface area contributed by atoms with Crippen molar-refractivity contribution in [3.05, 3.63) is 33.2 Å². The molecule has 0 unspecified atom stereocenters. The number of nitrogens with zero attached hydrogens (tertiary/aromatic N) is 4. The number of hydrogen-bond donors (Lipinski definition) is 2. The fraction of sp³-hybridized carbons (Fsp3) is 0.250. The Hall–Kier alpha value is -2.70. The molecule has 0 atom stereocenters. The van der Waals surface area contributed by atoms with Gasteiger partial charge >= 0.3 is 6.08 Å². The van der Waals surface area contributed by atoms with E-state index in [1.54, 1.807) is 4.57 Å². The average molecular weight is 484 g/mol. The first kappa shape index (κ1) is 17.7. The van der Waals surface area contributed by atoms with Crippen LogP contribution in [0.5, 0.6) is 11.5 Å². The molecule has 4 rings (SSSR count). The third-order valence-corrected chi connectivity index (χ3v) is 5.13. The molecule has 3 heterocycles. The zero-order valence-corrected chi connectivity index (χ0v) is 16.1. The van der Waals surface area contributed by atoms with E-state index >= 15 is 0 Å². The molecule has 0 bridgehead atoms. The molecule has 9 nitrogen and oxygen atoms in total. The molecule has 0 aliphatic carbocycles. The van der Waals surface area contributed by atoms with E-state index in [0.29, 0.717) is 54.4 Å². The molecular formula is C16H14FIN6O3. The van der Waals surface area contributed by atoms with Crippen molar-refractivity contribution in [3.63, 3.8) is 0 Å². The minimum absolute atomic E-state index is 0.0266. The molecule has 0 radical (unpaired) electrons. The zero-order valence-electron chi connectivity index (χ0n) is 13.9. The number of imidazole rings is 1. The number of rotatable bonds is 6. The highest BCUT2D eigenvalue weighted by Gasteiger charge is 2.20. The van der Waals surface area contributed by atoms with E-state index in [-0.39, 0.29) is 12.6 Å². The van der Waals surface area contributed by atoms with Crippen LogP contribution in [0.1, 0.15) is 11.4 Å². The second-order valence-corrected chi connectivity index (χ2v) is 6.94. The summed E-state index contributed by atoms with van der Waals surface area (Å²) >= 11 is 2.21. The number of ether oxygens (including phenoxy) is 2. The first-order valence-corrected chi connectivity index (χ1v) is 9.08. The number of amides is 1. The highest BCUT2D eigenvalue weighted by atomic mass is 127. The van der Waals surface area contributed by atoms with Crippen LogP contribution in [0.2, 0.25) is 0 Å². The fourth-order valence-corrected chi connectivity index (χ4v) is 3.54. The van der Waals surface area contributed by atoms with E-state index in [0.717, 1.165) is 9.13 Å². The van der Waals surface area contributed by atoms with E-state index in [1.807, 2.05) is 12.1 Å². The smallest absolute Gasteiger partial charge is 0.312 e. The molecule has 1 amide bonds. The summed E-state index contributed by atoms with van der Waals surface area (Å²) in [4.78, 5) is 22.5. The molecule has 27 heavy (non-hydrogen) atoms. The van der Waals surface area contributed by atoms with Crippen LogP contribution in [-0.4, -0.2) is 39.3 Å². The van der Waals surface area contributed by atoms with Crippen LogP contribution in [0.25, 0.3) is 11.2 Å². The normalized spacial score (nSPS) is 12.5. The van der Waals surface area contributed by atoms with Gasteiger partial charge in [0.05, 0.1) is 0 Å². The summed E-state index contributed by atoms with van der Waals surface area (Å²) in [6.45, 7) is 0.892. The fourth-order valence-electron chi connectivity index (χ4n) is 2.91. The SMILES string of the molecule is Nc1nc(F)nc2c1nc(Cc1cc3c(cc1I)OCO3)n2CCNC=O. The van der Waals surface area contributed by atoms with Crippen molar-refractivity contribution >= 4 is 46.0 Å². The Labute approximate surface area is 166 Å². The number of hydrogen-bond acceptors (Lipinski definition) is 7. The van der Waals surface area contributed by atoms with Gasteiger partial charge in [-0.1, -0.05) is 0 Å². The second-order valence-electron chi connectivity index (χ2n) is 5.78. The van der Waals surface area contributed by atoms with Crippen molar-refractivity contribution in [3.8, 4) is 11.5 Å². The van der Waals surface area contributed by atoms with Gasteiger partial charge in [0, 0.05) is 23.1 Å². The summed E-state index contributed by atoms with van der Waals surface area (Å²) in [5.74, 6) is 1.97. The number of nitrogens with two attached hydrogens (primary N) is 1. The van der Waals surface area contributed by atoms with Crippen LogP contribution >= 0.6 is 22.6 Å². The molecular weight excluding hydrogens is 470 g/mol. The van der Waals surface area contributed by atoms with Crippen molar-refractivity contribution in [2.45, 2.75) is 13.0 Å². The van der Waals surface area contributed by atoms with Gasteiger partial charge in [0.15, 0.2) is 28.5 Å². The van der Waals surface area contributed by atoms with Gasteiger partial charge < -0.3 is 25.1 Å². The van der Waals surface area contributed by atoms with Crippen LogP contribution in [0.4, 0.5) is 10.2 Å². The first-order chi connectivity index (χ1) is 13.1. The third-order valence-electron chi connectivity index (χ3n) is 4.13. The number of benzene rings is 1.